The summed E-state index contributed by atoms with van der Waals surface area (Å²) >= 11 is 0. The summed E-state index contributed by atoms with van der Waals surface area (Å²) < 4.78 is 0. The van der Waals surface area contributed by atoms with Gasteiger partial charge in [0.15, 0.2) is 0 Å². The van der Waals surface area contributed by atoms with Crippen LogP contribution in [0, 0.1) is 0 Å². The van der Waals surface area contributed by atoms with Gasteiger partial charge in [0, 0.05) is 12.4 Å². The first-order valence-electron chi connectivity index (χ1n) is 2.13. The largest absolute Gasteiger partial charge is 0.550 e. The summed E-state index contributed by atoms with van der Waals surface area (Å²) in [7, 11) is 0. The molecule has 0 aliphatic rings. The van der Waals surface area contributed by atoms with E-state index in [2.05, 4.69) is 0 Å². The number of aliphatic hydroxyl groups is 1. The third-order valence-corrected chi connectivity index (χ3v) is 0.632. The topological polar surface area (TPSA) is 205 Å². The highest BCUT2D eigenvalue weighted by Gasteiger charge is 2.03. The van der Waals surface area contributed by atoms with Gasteiger partial charge in [-0.05, 0) is 0 Å². The molecule has 1 unspecified atom stereocenters. The average Bonchev–Trinajstić information content (AvgIpc) is 1.63. The van der Waals surface area contributed by atoms with Crippen LogP contribution < -0.4 is 22.5 Å². The minimum absolute atomic E-state index is 0. The summed E-state index contributed by atoms with van der Waals surface area (Å²) in [4.78, 5) is 19.1. The molecule has 0 aromatic rings. The molecule has 0 aromatic heterocycles. The van der Waals surface area contributed by atoms with Gasteiger partial charge in [0.05, 0.1) is 12.1 Å². The Kier molecular flexibility index (Phi) is 18.3. The SMILES string of the molecule is O.O=C([O-])CC(O)C(=O)[O-].[NH4+].[NH4+]. The van der Waals surface area contributed by atoms with Crippen molar-refractivity contribution in [3.8, 4) is 0 Å². The molecule has 0 aliphatic heterocycles. The molecule has 0 radical (unpaired) electrons. The van der Waals surface area contributed by atoms with Crippen LogP contribution in [0.2, 0.25) is 0 Å². The molecule has 11 N–H and O–H groups in total. The Hall–Kier alpha value is -1.22. The Labute approximate surface area is 68.3 Å². The van der Waals surface area contributed by atoms with Gasteiger partial charge in [-0.1, -0.05) is 0 Å². The zero-order valence-electron chi connectivity index (χ0n) is 6.86. The van der Waals surface area contributed by atoms with Crippen LogP contribution in [-0.2, 0) is 9.59 Å². The van der Waals surface area contributed by atoms with Gasteiger partial charge in [0.2, 0.25) is 0 Å². The van der Waals surface area contributed by atoms with E-state index >= 15 is 0 Å². The minimum Gasteiger partial charge on any atom is -0.550 e. The molecular weight excluding hydrogens is 172 g/mol. The van der Waals surface area contributed by atoms with Crippen LogP contribution in [0.1, 0.15) is 6.42 Å². The van der Waals surface area contributed by atoms with E-state index in [1.807, 2.05) is 0 Å². The monoisotopic (exact) mass is 186 g/mol. The molecule has 0 fully saturated rings. The van der Waals surface area contributed by atoms with E-state index in [0.29, 0.717) is 0 Å². The Morgan fingerprint density at radius 2 is 1.58 bits per heavy atom. The molecule has 1 atom stereocenters. The number of rotatable bonds is 3. The zero-order valence-corrected chi connectivity index (χ0v) is 6.86. The van der Waals surface area contributed by atoms with E-state index in [0.717, 1.165) is 0 Å². The number of carbonyl (C=O) groups is 2. The van der Waals surface area contributed by atoms with E-state index in [1.54, 1.807) is 0 Å². The normalized spacial score (nSPS) is 9.42. The minimum atomic E-state index is -1.96. The lowest BCUT2D eigenvalue weighted by molar-refractivity contribution is -0.323. The van der Waals surface area contributed by atoms with E-state index in [1.165, 1.54) is 0 Å². The summed E-state index contributed by atoms with van der Waals surface area (Å²) in [6.07, 6.45) is -2.89. The molecule has 0 aromatic carbocycles. The molecule has 0 saturated carbocycles. The van der Waals surface area contributed by atoms with Crippen molar-refractivity contribution in [1.82, 2.24) is 12.3 Å². The third kappa shape index (κ3) is 11.6. The van der Waals surface area contributed by atoms with Crippen molar-refractivity contribution in [1.29, 1.82) is 0 Å². The van der Waals surface area contributed by atoms with E-state index < -0.39 is 24.5 Å². The molecule has 0 bridgehead atoms. The molecule has 0 heterocycles. The van der Waals surface area contributed by atoms with Gasteiger partial charge < -0.3 is 42.7 Å². The maximum absolute atomic E-state index is 9.58. The fraction of sp³-hybridized carbons (Fsp3) is 0.500. The number of hydrogen-bond acceptors (Lipinski definition) is 5. The van der Waals surface area contributed by atoms with Crippen molar-refractivity contribution in [2.75, 3.05) is 0 Å². The number of quaternary nitrogens is 2. The van der Waals surface area contributed by atoms with Gasteiger partial charge in [-0.25, -0.2) is 0 Å². The van der Waals surface area contributed by atoms with Crippen molar-refractivity contribution in [3.63, 3.8) is 0 Å². The first-order valence-corrected chi connectivity index (χ1v) is 2.13. The Bertz CT molecular complexity index is 138. The molecule has 0 rings (SSSR count). The lowest BCUT2D eigenvalue weighted by Gasteiger charge is -2.10. The summed E-state index contributed by atoms with van der Waals surface area (Å²) in [5.74, 6) is -3.43. The molecule has 8 nitrogen and oxygen atoms in total. The molecule has 0 amide bonds. The number of carbonyl (C=O) groups excluding carboxylic acids is 2. The van der Waals surface area contributed by atoms with E-state index in [9.17, 15) is 19.8 Å². The van der Waals surface area contributed by atoms with Crippen LogP contribution in [0.3, 0.4) is 0 Å². The second-order valence-electron chi connectivity index (χ2n) is 1.41. The second-order valence-corrected chi connectivity index (χ2v) is 1.41. The Morgan fingerprint density at radius 1 is 1.25 bits per heavy atom. The maximum atomic E-state index is 9.58. The highest BCUT2D eigenvalue weighted by Crippen LogP contribution is 1.85. The predicted molar refractivity (Wildman–Crippen MR) is 36.2 cm³/mol. The van der Waals surface area contributed by atoms with Crippen LogP contribution in [0.5, 0.6) is 0 Å². The number of aliphatic carboxylic acids is 2. The molecule has 0 saturated heterocycles. The van der Waals surface area contributed by atoms with Crippen molar-refractivity contribution in [2.24, 2.45) is 0 Å². The molecule has 8 heteroatoms. The molecule has 76 valence electrons. The average molecular weight is 186 g/mol. The van der Waals surface area contributed by atoms with Gasteiger partial charge in [-0.15, -0.1) is 0 Å². The lowest BCUT2D eigenvalue weighted by atomic mass is 10.3. The highest BCUT2D eigenvalue weighted by atomic mass is 16.4. The van der Waals surface area contributed by atoms with Gasteiger partial charge in [-0.2, -0.15) is 0 Å². The van der Waals surface area contributed by atoms with E-state index in [4.69, 9.17) is 5.11 Å². The van der Waals surface area contributed by atoms with Gasteiger partial charge in [0.25, 0.3) is 0 Å². The lowest BCUT2D eigenvalue weighted by Crippen LogP contribution is -2.39. The summed E-state index contributed by atoms with van der Waals surface area (Å²) in [6.45, 7) is 0. The van der Waals surface area contributed by atoms with Crippen molar-refractivity contribution < 1.29 is 30.4 Å². The molecule has 12 heavy (non-hydrogen) atoms. The number of carboxylic acids is 2. The van der Waals surface area contributed by atoms with Gasteiger partial charge in [0.1, 0.15) is 0 Å². The van der Waals surface area contributed by atoms with E-state index in [-0.39, 0.29) is 17.8 Å². The molecule has 0 aliphatic carbocycles. The first-order chi connectivity index (χ1) is 4.04. The maximum Gasteiger partial charge on any atom is 0.0985 e. The standard InChI is InChI=1S/C4H6O5.2H3N.H2O/c5-2(4(8)9)1-3(6)7;;;/h2,5H,1H2,(H,6,7)(H,8,9);2*1H3;1H2. The van der Waals surface area contributed by atoms with Crippen LogP contribution in [-0.4, -0.2) is 28.6 Å². The second kappa shape index (κ2) is 9.78. The van der Waals surface area contributed by atoms with Crippen LogP contribution in [0.4, 0.5) is 0 Å². The fourth-order valence-electron chi connectivity index (χ4n) is 0.241. The fourth-order valence-corrected chi connectivity index (χ4v) is 0.241. The summed E-state index contributed by atoms with van der Waals surface area (Å²) in [5, 5.41) is 27.3. The zero-order chi connectivity index (χ0) is 7.44. The highest BCUT2D eigenvalue weighted by molar-refractivity contribution is 5.76. The van der Waals surface area contributed by atoms with Crippen LogP contribution >= 0.6 is 0 Å². The number of hydrogen-bond donors (Lipinski definition) is 3. The van der Waals surface area contributed by atoms with Crippen molar-refractivity contribution in [3.05, 3.63) is 0 Å². The van der Waals surface area contributed by atoms with Crippen LogP contribution in [0.25, 0.3) is 0 Å². The molecular formula is C4H14N2O6. The Balaban J connectivity index is -0.000000107. The van der Waals surface area contributed by atoms with Gasteiger partial charge >= 0.3 is 0 Å². The van der Waals surface area contributed by atoms with Crippen molar-refractivity contribution in [2.45, 2.75) is 12.5 Å². The summed E-state index contributed by atoms with van der Waals surface area (Å²) in [6, 6.07) is 0. The quantitative estimate of drug-likeness (QED) is 0.403. The third-order valence-electron chi connectivity index (χ3n) is 0.632. The number of carboxylic acid groups (broad SMARTS) is 2. The first kappa shape index (κ1) is 22.4. The number of aliphatic hydroxyl groups excluding tert-OH is 1. The predicted octanol–water partition coefficient (Wildman–Crippen LogP) is -3.84. The van der Waals surface area contributed by atoms with Crippen LogP contribution in [0.15, 0.2) is 0 Å². The van der Waals surface area contributed by atoms with Crippen molar-refractivity contribution >= 4 is 11.9 Å². The van der Waals surface area contributed by atoms with Gasteiger partial charge in [-0.3, -0.25) is 0 Å². The summed E-state index contributed by atoms with van der Waals surface area (Å²) in [5.41, 5.74) is 0. The Morgan fingerprint density at radius 3 is 1.67 bits per heavy atom. The molecule has 0 spiro atoms. The smallest absolute Gasteiger partial charge is 0.0985 e.